The molecule has 120 valence electrons. The molecule has 0 fully saturated rings. The molecule has 1 atom stereocenters. The van der Waals surface area contributed by atoms with Crippen LogP contribution in [0.2, 0.25) is 0 Å². The Morgan fingerprint density at radius 3 is 2.52 bits per heavy atom. The Bertz CT molecular complexity index is 437. The van der Waals surface area contributed by atoms with Crippen molar-refractivity contribution in [3.05, 3.63) is 28.2 Å². The first kappa shape index (κ1) is 18.5. The normalized spacial score (nSPS) is 14.2. The van der Waals surface area contributed by atoms with Gasteiger partial charge in [0.2, 0.25) is 0 Å². The number of hydrogen-bond donors (Lipinski definition) is 1. The number of rotatable bonds is 9. The Hall–Kier alpha value is -0.580. The number of halogens is 1. The second kappa shape index (κ2) is 8.76. The summed E-state index contributed by atoms with van der Waals surface area (Å²) in [5.74, 6) is 1.47. The predicted molar refractivity (Wildman–Crippen MR) is 92.1 cm³/mol. The molecule has 1 aromatic rings. The van der Waals surface area contributed by atoms with Gasteiger partial charge in [0.1, 0.15) is 5.75 Å². The average molecular weight is 358 g/mol. The van der Waals surface area contributed by atoms with E-state index in [1.165, 1.54) is 5.56 Å². The SMILES string of the molecule is COCCNCC(C)(Cc1ccc(OC)c(Br)c1)C(C)C. The third kappa shape index (κ3) is 5.61. The van der Waals surface area contributed by atoms with Gasteiger partial charge in [-0.3, -0.25) is 0 Å². The van der Waals surface area contributed by atoms with Gasteiger partial charge in [0.15, 0.2) is 0 Å². The summed E-state index contributed by atoms with van der Waals surface area (Å²) in [4.78, 5) is 0. The van der Waals surface area contributed by atoms with Gasteiger partial charge in [-0.2, -0.15) is 0 Å². The van der Waals surface area contributed by atoms with Crippen LogP contribution in [0.15, 0.2) is 22.7 Å². The first-order valence-corrected chi connectivity index (χ1v) is 8.24. The molecule has 4 heteroatoms. The number of hydrogen-bond acceptors (Lipinski definition) is 3. The van der Waals surface area contributed by atoms with Gasteiger partial charge in [-0.15, -0.1) is 0 Å². The zero-order valence-corrected chi connectivity index (χ0v) is 15.4. The van der Waals surface area contributed by atoms with Crippen molar-refractivity contribution in [2.24, 2.45) is 11.3 Å². The van der Waals surface area contributed by atoms with Crippen LogP contribution in [0.1, 0.15) is 26.3 Å². The predicted octanol–water partition coefficient (Wildman–Crippen LogP) is 3.90. The summed E-state index contributed by atoms with van der Waals surface area (Å²) in [6.45, 7) is 9.55. The van der Waals surface area contributed by atoms with E-state index < -0.39 is 0 Å². The van der Waals surface area contributed by atoms with Crippen LogP contribution in [-0.4, -0.2) is 33.9 Å². The maximum Gasteiger partial charge on any atom is 0.133 e. The average Bonchev–Trinajstić information content (AvgIpc) is 2.44. The molecule has 0 radical (unpaired) electrons. The van der Waals surface area contributed by atoms with E-state index in [9.17, 15) is 0 Å². The number of nitrogens with one attached hydrogen (secondary N) is 1. The molecule has 0 saturated carbocycles. The minimum absolute atomic E-state index is 0.210. The molecule has 1 N–H and O–H groups in total. The first-order valence-electron chi connectivity index (χ1n) is 7.45. The van der Waals surface area contributed by atoms with Crippen molar-refractivity contribution in [2.45, 2.75) is 27.2 Å². The van der Waals surface area contributed by atoms with E-state index in [4.69, 9.17) is 9.47 Å². The van der Waals surface area contributed by atoms with Crippen LogP contribution >= 0.6 is 15.9 Å². The lowest BCUT2D eigenvalue weighted by Gasteiger charge is -2.34. The van der Waals surface area contributed by atoms with Crippen molar-refractivity contribution < 1.29 is 9.47 Å². The quantitative estimate of drug-likeness (QED) is 0.679. The molecule has 0 aliphatic heterocycles. The molecule has 21 heavy (non-hydrogen) atoms. The summed E-state index contributed by atoms with van der Waals surface area (Å²) in [6.07, 6.45) is 1.03. The van der Waals surface area contributed by atoms with Crippen molar-refractivity contribution in [3.63, 3.8) is 0 Å². The summed E-state index contributed by atoms with van der Waals surface area (Å²) in [5, 5.41) is 3.50. The minimum atomic E-state index is 0.210. The Kier molecular flexibility index (Phi) is 7.71. The van der Waals surface area contributed by atoms with Crippen LogP contribution in [0.3, 0.4) is 0 Å². The molecule has 0 aliphatic carbocycles. The van der Waals surface area contributed by atoms with Gasteiger partial charge >= 0.3 is 0 Å². The Morgan fingerprint density at radius 2 is 2.00 bits per heavy atom. The van der Waals surface area contributed by atoms with Gasteiger partial charge in [-0.05, 0) is 51.4 Å². The lowest BCUT2D eigenvalue weighted by molar-refractivity contribution is 0.175. The second-order valence-electron chi connectivity index (χ2n) is 6.12. The molecule has 0 spiro atoms. The first-order chi connectivity index (χ1) is 9.92. The molecule has 0 saturated heterocycles. The minimum Gasteiger partial charge on any atom is -0.496 e. The third-order valence-electron chi connectivity index (χ3n) is 4.23. The molecule has 1 aromatic carbocycles. The smallest absolute Gasteiger partial charge is 0.133 e. The molecule has 0 amide bonds. The molecule has 0 heterocycles. The zero-order valence-electron chi connectivity index (χ0n) is 13.8. The third-order valence-corrected chi connectivity index (χ3v) is 4.85. The van der Waals surface area contributed by atoms with Crippen LogP contribution in [0.5, 0.6) is 5.75 Å². The van der Waals surface area contributed by atoms with Crippen LogP contribution in [0.4, 0.5) is 0 Å². The van der Waals surface area contributed by atoms with Gasteiger partial charge < -0.3 is 14.8 Å². The van der Waals surface area contributed by atoms with E-state index in [1.807, 2.05) is 6.07 Å². The fourth-order valence-electron chi connectivity index (χ4n) is 2.31. The van der Waals surface area contributed by atoms with E-state index in [0.29, 0.717) is 5.92 Å². The largest absolute Gasteiger partial charge is 0.496 e. The topological polar surface area (TPSA) is 30.5 Å². The molecule has 3 nitrogen and oxygen atoms in total. The second-order valence-corrected chi connectivity index (χ2v) is 6.98. The Balaban J connectivity index is 2.75. The van der Waals surface area contributed by atoms with Gasteiger partial charge in [0.25, 0.3) is 0 Å². The van der Waals surface area contributed by atoms with Gasteiger partial charge in [0, 0.05) is 20.2 Å². The van der Waals surface area contributed by atoms with Crippen LogP contribution in [-0.2, 0) is 11.2 Å². The highest BCUT2D eigenvalue weighted by Gasteiger charge is 2.28. The van der Waals surface area contributed by atoms with E-state index in [-0.39, 0.29) is 5.41 Å². The Morgan fingerprint density at radius 1 is 1.29 bits per heavy atom. The number of benzene rings is 1. The molecule has 1 unspecified atom stereocenters. The van der Waals surface area contributed by atoms with Crippen LogP contribution in [0.25, 0.3) is 0 Å². The van der Waals surface area contributed by atoms with E-state index in [2.05, 4.69) is 54.2 Å². The molecular formula is C17H28BrNO2. The van der Waals surface area contributed by atoms with Crippen molar-refractivity contribution in [2.75, 3.05) is 33.9 Å². The molecule has 1 rings (SSSR count). The van der Waals surface area contributed by atoms with Crippen molar-refractivity contribution in [1.29, 1.82) is 0 Å². The van der Waals surface area contributed by atoms with Crippen molar-refractivity contribution >= 4 is 15.9 Å². The van der Waals surface area contributed by atoms with E-state index in [0.717, 1.165) is 36.3 Å². The lowest BCUT2D eigenvalue weighted by atomic mass is 9.74. The van der Waals surface area contributed by atoms with Gasteiger partial charge in [-0.25, -0.2) is 0 Å². The maximum atomic E-state index is 5.30. The lowest BCUT2D eigenvalue weighted by Crippen LogP contribution is -2.39. The van der Waals surface area contributed by atoms with Gasteiger partial charge in [0.05, 0.1) is 18.2 Å². The monoisotopic (exact) mass is 357 g/mol. The standard InChI is InChI=1S/C17H28BrNO2/c1-13(2)17(3,12-19-8-9-20-4)11-14-6-7-16(21-5)15(18)10-14/h6-7,10,13,19H,8-9,11-12H2,1-5H3. The summed E-state index contributed by atoms with van der Waals surface area (Å²) in [6, 6.07) is 6.34. The van der Waals surface area contributed by atoms with Crippen molar-refractivity contribution in [1.82, 2.24) is 5.32 Å². The molecule has 0 aromatic heterocycles. The highest BCUT2D eigenvalue weighted by Crippen LogP contribution is 2.33. The highest BCUT2D eigenvalue weighted by atomic mass is 79.9. The van der Waals surface area contributed by atoms with Crippen LogP contribution < -0.4 is 10.1 Å². The summed E-state index contributed by atoms with van der Waals surface area (Å²) in [5.41, 5.74) is 1.54. The van der Waals surface area contributed by atoms with Crippen LogP contribution in [0, 0.1) is 11.3 Å². The summed E-state index contributed by atoms with van der Waals surface area (Å²) >= 11 is 3.57. The number of methoxy groups -OCH3 is 2. The fourth-order valence-corrected chi connectivity index (χ4v) is 2.89. The molecular weight excluding hydrogens is 330 g/mol. The molecule has 0 aliphatic rings. The maximum absolute atomic E-state index is 5.30. The summed E-state index contributed by atoms with van der Waals surface area (Å²) in [7, 11) is 3.43. The highest BCUT2D eigenvalue weighted by molar-refractivity contribution is 9.10. The summed E-state index contributed by atoms with van der Waals surface area (Å²) < 4.78 is 11.4. The van der Waals surface area contributed by atoms with Crippen molar-refractivity contribution in [3.8, 4) is 5.75 Å². The fraction of sp³-hybridized carbons (Fsp3) is 0.647. The van der Waals surface area contributed by atoms with E-state index >= 15 is 0 Å². The van der Waals surface area contributed by atoms with Gasteiger partial charge in [-0.1, -0.05) is 26.8 Å². The zero-order chi connectivity index (χ0) is 15.9. The Labute approximate surface area is 137 Å². The molecule has 0 bridgehead atoms. The number of ether oxygens (including phenoxy) is 2. The van der Waals surface area contributed by atoms with E-state index in [1.54, 1.807) is 14.2 Å².